The number of carboxylic acid groups (broad SMARTS) is 1. The summed E-state index contributed by atoms with van der Waals surface area (Å²) in [5.41, 5.74) is 2.52. The van der Waals surface area contributed by atoms with Crippen molar-refractivity contribution >= 4 is 33.2 Å². The number of aryl methyl sites for hydroxylation is 1. The predicted molar refractivity (Wildman–Crippen MR) is 97.0 cm³/mol. The van der Waals surface area contributed by atoms with Gasteiger partial charge in [-0.25, -0.2) is 0 Å². The summed E-state index contributed by atoms with van der Waals surface area (Å²) in [6.45, 7) is 3.69. The van der Waals surface area contributed by atoms with Gasteiger partial charge in [-0.1, -0.05) is 24.3 Å². The van der Waals surface area contributed by atoms with Gasteiger partial charge in [0.2, 0.25) is 0 Å². The van der Waals surface area contributed by atoms with Crippen molar-refractivity contribution < 1.29 is 9.90 Å². The Hall–Kier alpha value is -1.17. The Labute approximate surface area is 149 Å². The highest BCUT2D eigenvalue weighted by atomic mass is 79.9. The minimum atomic E-state index is -0.675. The Bertz CT molecular complexity index is 700. The number of thiophene rings is 1. The third kappa shape index (κ3) is 3.67. The lowest BCUT2D eigenvalue weighted by molar-refractivity contribution is -0.143. The minimum absolute atomic E-state index is 0.134. The van der Waals surface area contributed by atoms with Gasteiger partial charge in [0.05, 0.1) is 15.7 Å². The Morgan fingerprint density at radius 3 is 2.78 bits per heavy atom. The monoisotopic (exact) mass is 393 g/mol. The summed E-state index contributed by atoms with van der Waals surface area (Å²) in [6, 6.07) is 12.8. The third-order valence-corrected chi connectivity index (χ3v) is 6.19. The molecule has 0 spiro atoms. The van der Waals surface area contributed by atoms with Gasteiger partial charge in [-0.15, -0.1) is 11.3 Å². The lowest BCUT2D eigenvalue weighted by Gasteiger charge is -2.37. The van der Waals surface area contributed by atoms with E-state index in [2.05, 4.69) is 64.2 Å². The fourth-order valence-corrected chi connectivity index (χ4v) is 4.92. The molecule has 3 rings (SSSR count). The summed E-state index contributed by atoms with van der Waals surface area (Å²) < 4.78 is 1.11. The topological polar surface area (TPSA) is 40.5 Å². The van der Waals surface area contributed by atoms with E-state index in [1.165, 1.54) is 16.0 Å². The first-order chi connectivity index (χ1) is 11.1. The smallest absolute Gasteiger partial charge is 0.307 e. The zero-order valence-electron chi connectivity index (χ0n) is 13.0. The van der Waals surface area contributed by atoms with Crippen LogP contribution in [0.25, 0.3) is 0 Å². The van der Waals surface area contributed by atoms with Crippen LogP contribution in [0.3, 0.4) is 0 Å². The number of halogens is 1. The zero-order chi connectivity index (χ0) is 16.4. The van der Waals surface area contributed by atoms with E-state index in [1.54, 1.807) is 11.3 Å². The van der Waals surface area contributed by atoms with Crippen LogP contribution in [0.1, 0.15) is 34.9 Å². The van der Waals surface area contributed by atoms with E-state index in [9.17, 15) is 9.90 Å². The maximum absolute atomic E-state index is 11.4. The summed E-state index contributed by atoms with van der Waals surface area (Å²) in [6.07, 6.45) is 1.71. The van der Waals surface area contributed by atoms with Crippen molar-refractivity contribution in [3.63, 3.8) is 0 Å². The molecule has 1 aromatic heterocycles. The number of rotatable bonds is 4. The SMILES string of the molecule is Cc1ccccc1C(c1ccc(Br)s1)N1CCCC(C(=O)O)C1. The molecule has 0 saturated carbocycles. The highest BCUT2D eigenvalue weighted by Crippen LogP contribution is 2.38. The molecule has 2 unspecified atom stereocenters. The first-order valence-corrected chi connectivity index (χ1v) is 9.45. The normalized spacial score (nSPS) is 20.3. The molecule has 1 fully saturated rings. The Morgan fingerprint density at radius 1 is 1.35 bits per heavy atom. The van der Waals surface area contributed by atoms with E-state index >= 15 is 0 Å². The molecule has 0 aliphatic carbocycles. The molecule has 5 heteroatoms. The van der Waals surface area contributed by atoms with Gasteiger partial charge in [-0.05, 0) is 65.5 Å². The summed E-state index contributed by atoms with van der Waals surface area (Å²) in [7, 11) is 0. The van der Waals surface area contributed by atoms with Gasteiger partial charge in [-0.2, -0.15) is 0 Å². The number of carboxylic acids is 1. The quantitative estimate of drug-likeness (QED) is 0.817. The van der Waals surface area contributed by atoms with Crippen molar-refractivity contribution in [1.82, 2.24) is 4.90 Å². The van der Waals surface area contributed by atoms with Crippen LogP contribution in [0.15, 0.2) is 40.2 Å². The fraction of sp³-hybridized carbons (Fsp3) is 0.389. The molecule has 1 aromatic carbocycles. The Morgan fingerprint density at radius 2 is 2.13 bits per heavy atom. The largest absolute Gasteiger partial charge is 0.481 e. The summed E-state index contributed by atoms with van der Waals surface area (Å²) in [5.74, 6) is -0.940. The molecule has 0 amide bonds. The van der Waals surface area contributed by atoms with Crippen molar-refractivity contribution in [2.45, 2.75) is 25.8 Å². The maximum Gasteiger partial charge on any atom is 0.307 e. The fourth-order valence-electron chi connectivity index (χ4n) is 3.34. The van der Waals surface area contributed by atoms with E-state index in [4.69, 9.17) is 0 Å². The molecule has 2 aromatic rings. The van der Waals surface area contributed by atoms with E-state index in [0.29, 0.717) is 6.54 Å². The molecular formula is C18H20BrNO2S. The van der Waals surface area contributed by atoms with E-state index in [1.807, 2.05) is 0 Å². The molecule has 1 aliphatic rings. The Kier molecular flexibility index (Phi) is 5.19. The third-order valence-electron chi connectivity index (χ3n) is 4.51. The first-order valence-electron chi connectivity index (χ1n) is 7.84. The van der Waals surface area contributed by atoms with Crippen LogP contribution in [-0.4, -0.2) is 29.1 Å². The highest BCUT2D eigenvalue weighted by molar-refractivity contribution is 9.11. The van der Waals surface area contributed by atoms with Gasteiger partial charge in [0.25, 0.3) is 0 Å². The van der Waals surface area contributed by atoms with Gasteiger partial charge in [0.1, 0.15) is 0 Å². The Balaban J connectivity index is 1.98. The van der Waals surface area contributed by atoms with E-state index in [-0.39, 0.29) is 12.0 Å². The molecule has 1 N–H and O–H groups in total. The maximum atomic E-state index is 11.4. The van der Waals surface area contributed by atoms with Gasteiger partial charge in [0, 0.05) is 11.4 Å². The zero-order valence-corrected chi connectivity index (χ0v) is 15.4. The molecule has 0 bridgehead atoms. The van der Waals surface area contributed by atoms with Crippen LogP contribution in [0.4, 0.5) is 0 Å². The number of carbonyl (C=O) groups is 1. The van der Waals surface area contributed by atoms with Crippen LogP contribution in [-0.2, 0) is 4.79 Å². The van der Waals surface area contributed by atoms with Gasteiger partial charge in [0.15, 0.2) is 0 Å². The van der Waals surface area contributed by atoms with E-state index < -0.39 is 5.97 Å². The standard InChI is InChI=1S/C18H20BrNO2S/c1-12-5-2-3-7-14(12)17(15-8-9-16(19)23-15)20-10-4-6-13(11-20)18(21)22/h2-3,5,7-9,13,17H,4,6,10-11H2,1H3,(H,21,22). The van der Waals surface area contributed by atoms with Crippen LogP contribution in [0.5, 0.6) is 0 Å². The molecule has 1 aliphatic heterocycles. The number of likely N-dealkylation sites (tertiary alicyclic amines) is 1. The number of benzene rings is 1. The van der Waals surface area contributed by atoms with Crippen LogP contribution >= 0.6 is 27.3 Å². The van der Waals surface area contributed by atoms with Crippen LogP contribution in [0.2, 0.25) is 0 Å². The average Bonchev–Trinajstić information content (AvgIpc) is 2.96. The molecule has 1 saturated heterocycles. The molecule has 0 radical (unpaired) electrons. The van der Waals surface area contributed by atoms with Gasteiger partial charge in [-0.3, -0.25) is 9.69 Å². The van der Waals surface area contributed by atoms with Crippen molar-refractivity contribution in [1.29, 1.82) is 0 Å². The number of piperidine rings is 1. The molecule has 23 heavy (non-hydrogen) atoms. The predicted octanol–water partition coefficient (Wildman–Crippen LogP) is 4.71. The van der Waals surface area contributed by atoms with E-state index in [0.717, 1.165) is 23.2 Å². The minimum Gasteiger partial charge on any atom is -0.481 e. The van der Waals surface area contributed by atoms with Crippen molar-refractivity contribution in [2.75, 3.05) is 13.1 Å². The molecule has 3 nitrogen and oxygen atoms in total. The number of hydrogen-bond donors (Lipinski definition) is 1. The molecule has 122 valence electrons. The second-order valence-corrected chi connectivity index (χ2v) is 8.57. The van der Waals surface area contributed by atoms with Crippen molar-refractivity contribution in [2.24, 2.45) is 5.92 Å². The van der Waals surface area contributed by atoms with Gasteiger partial charge >= 0.3 is 5.97 Å². The van der Waals surface area contributed by atoms with Crippen LogP contribution in [0, 0.1) is 12.8 Å². The average molecular weight is 394 g/mol. The summed E-state index contributed by atoms with van der Waals surface area (Å²) >= 11 is 5.29. The first kappa shape index (κ1) is 16.7. The second kappa shape index (κ2) is 7.16. The second-order valence-electron chi connectivity index (χ2n) is 6.07. The van der Waals surface area contributed by atoms with Crippen molar-refractivity contribution in [3.05, 3.63) is 56.2 Å². The number of aliphatic carboxylic acids is 1. The summed E-state index contributed by atoms with van der Waals surface area (Å²) in [4.78, 5) is 15.0. The number of hydrogen-bond acceptors (Lipinski definition) is 3. The lowest BCUT2D eigenvalue weighted by Crippen LogP contribution is -2.41. The van der Waals surface area contributed by atoms with Crippen molar-refractivity contribution in [3.8, 4) is 0 Å². The lowest BCUT2D eigenvalue weighted by atomic mass is 9.92. The summed E-state index contributed by atoms with van der Waals surface area (Å²) in [5, 5.41) is 9.41. The number of nitrogens with zero attached hydrogens (tertiary/aromatic N) is 1. The molecular weight excluding hydrogens is 374 g/mol. The highest BCUT2D eigenvalue weighted by Gasteiger charge is 2.32. The molecule has 2 atom stereocenters. The molecule has 2 heterocycles. The van der Waals surface area contributed by atoms with Crippen LogP contribution < -0.4 is 0 Å². The van der Waals surface area contributed by atoms with Gasteiger partial charge < -0.3 is 5.11 Å².